The van der Waals surface area contributed by atoms with Gasteiger partial charge in [-0.2, -0.15) is 11.8 Å². The Kier molecular flexibility index (Phi) is 8.62. The Bertz CT molecular complexity index is 274. The summed E-state index contributed by atoms with van der Waals surface area (Å²) in [5.41, 5.74) is 0. The Morgan fingerprint density at radius 1 is 1.39 bits per heavy atom. The molecule has 0 rings (SSSR count). The van der Waals surface area contributed by atoms with Crippen molar-refractivity contribution < 1.29 is 14.7 Å². The van der Waals surface area contributed by atoms with Crippen LogP contribution in [0.25, 0.3) is 0 Å². The number of aliphatic carboxylic acids is 1. The number of carboxylic acid groups (broad SMARTS) is 1. The third-order valence-electron chi connectivity index (χ3n) is 2.89. The maximum absolute atomic E-state index is 11.9. The molecular weight excluding hydrogens is 252 g/mol. The first-order chi connectivity index (χ1) is 8.43. The molecule has 0 saturated heterocycles. The van der Waals surface area contributed by atoms with Gasteiger partial charge in [-0.25, -0.2) is 9.59 Å². The van der Waals surface area contributed by atoms with E-state index in [0.29, 0.717) is 6.42 Å². The summed E-state index contributed by atoms with van der Waals surface area (Å²) in [6, 6.07) is -1.00. The molecule has 0 aromatic heterocycles. The van der Waals surface area contributed by atoms with Crippen LogP contribution in [0, 0.1) is 0 Å². The van der Waals surface area contributed by atoms with Gasteiger partial charge in [0.05, 0.1) is 0 Å². The highest BCUT2D eigenvalue weighted by molar-refractivity contribution is 7.98. The number of nitrogens with one attached hydrogen (secondary N) is 1. The Hall–Kier alpha value is -0.910. The molecule has 5 nitrogen and oxygen atoms in total. The van der Waals surface area contributed by atoms with E-state index in [2.05, 4.69) is 5.32 Å². The molecule has 0 bridgehead atoms. The van der Waals surface area contributed by atoms with Gasteiger partial charge in [0.2, 0.25) is 0 Å². The van der Waals surface area contributed by atoms with Gasteiger partial charge in [-0.3, -0.25) is 0 Å². The van der Waals surface area contributed by atoms with E-state index in [9.17, 15) is 9.59 Å². The molecule has 0 aliphatic heterocycles. The molecule has 0 radical (unpaired) electrons. The zero-order chi connectivity index (χ0) is 14.1. The first kappa shape index (κ1) is 17.1. The van der Waals surface area contributed by atoms with Crippen LogP contribution in [0.15, 0.2) is 0 Å². The second-order valence-electron chi connectivity index (χ2n) is 4.37. The second kappa shape index (κ2) is 9.08. The van der Waals surface area contributed by atoms with Crippen molar-refractivity contribution in [2.45, 2.75) is 45.2 Å². The lowest BCUT2D eigenvalue weighted by molar-refractivity contribution is -0.139. The molecule has 2 N–H and O–H groups in total. The topological polar surface area (TPSA) is 69.6 Å². The molecule has 6 heteroatoms. The van der Waals surface area contributed by atoms with Crippen molar-refractivity contribution >= 4 is 23.8 Å². The summed E-state index contributed by atoms with van der Waals surface area (Å²) in [5.74, 6) is 0.00574. The minimum Gasteiger partial charge on any atom is -0.480 e. The van der Waals surface area contributed by atoms with Crippen LogP contribution in [0.1, 0.15) is 33.1 Å². The van der Waals surface area contributed by atoms with Crippen LogP contribution in [0.4, 0.5) is 4.79 Å². The van der Waals surface area contributed by atoms with Crippen molar-refractivity contribution in [2.24, 2.45) is 0 Å². The van der Waals surface area contributed by atoms with Gasteiger partial charge >= 0.3 is 12.0 Å². The van der Waals surface area contributed by atoms with E-state index >= 15 is 0 Å². The van der Waals surface area contributed by atoms with Crippen molar-refractivity contribution in [3.05, 3.63) is 0 Å². The number of rotatable bonds is 8. The third-order valence-corrected chi connectivity index (χ3v) is 3.54. The van der Waals surface area contributed by atoms with Crippen LogP contribution in [0.5, 0.6) is 0 Å². The van der Waals surface area contributed by atoms with Gasteiger partial charge in [0.15, 0.2) is 0 Å². The summed E-state index contributed by atoms with van der Waals surface area (Å²) in [5, 5.41) is 11.5. The number of carboxylic acids is 1. The Labute approximate surface area is 113 Å². The fourth-order valence-electron chi connectivity index (χ4n) is 1.48. The molecule has 0 spiro atoms. The van der Waals surface area contributed by atoms with Gasteiger partial charge in [-0.15, -0.1) is 0 Å². The lowest BCUT2D eigenvalue weighted by atomic mass is 10.1. The van der Waals surface area contributed by atoms with E-state index < -0.39 is 12.0 Å². The second-order valence-corrected chi connectivity index (χ2v) is 5.36. The molecule has 0 aromatic carbocycles. The number of nitrogens with zero attached hydrogens (tertiary/aromatic N) is 1. The molecule has 0 heterocycles. The summed E-state index contributed by atoms with van der Waals surface area (Å²) in [6.07, 6.45) is 4.10. The molecule has 0 aliphatic carbocycles. The molecule has 0 aliphatic rings. The number of urea groups is 1. The fourth-order valence-corrected chi connectivity index (χ4v) is 2.06. The van der Waals surface area contributed by atoms with E-state index in [1.165, 1.54) is 0 Å². The normalized spacial score (nSPS) is 13.8. The van der Waals surface area contributed by atoms with E-state index in [0.717, 1.165) is 18.6 Å². The van der Waals surface area contributed by atoms with Gasteiger partial charge in [0, 0.05) is 13.1 Å². The van der Waals surface area contributed by atoms with E-state index in [4.69, 9.17) is 5.11 Å². The predicted octanol–water partition coefficient (Wildman–Crippen LogP) is 2.02. The average molecular weight is 276 g/mol. The first-order valence-electron chi connectivity index (χ1n) is 6.19. The first-order valence-corrected chi connectivity index (χ1v) is 7.58. The van der Waals surface area contributed by atoms with Gasteiger partial charge in [-0.1, -0.05) is 13.3 Å². The van der Waals surface area contributed by atoms with Crippen LogP contribution in [-0.4, -0.2) is 53.1 Å². The molecule has 0 fully saturated rings. The van der Waals surface area contributed by atoms with Crippen LogP contribution in [0.2, 0.25) is 0 Å². The molecule has 0 aromatic rings. The van der Waals surface area contributed by atoms with E-state index in [1.54, 1.807) is 23.7 Å². The third kappa shape index (κ3) is 6.14. The number of carbonyl (C=O) groups is 2. The van der Waals surface area contributed by atoms with Crippen LogP contribution in [0.3, 0.4) is 0 Å². The molecule has 2 unspecified atom stereocenters. The Morgan fingerprint density at radius 2 is 2.00 bits per heavy atom. The maximum atomic E-state index is 11.9. The van der Waals surface area contributed by atoms with Gasteiger partial charge < -0.3 is 15.3 Å². The smallest absolute Gasteiger partial charge is 0.326 e. The van der Waals surface area contributed by atoms with Crippen molar-refractivity contribution in [3.8, 4) is 0 Å². The quantitative estimate of drug-likeness (QED) is 0.711. The predicted molar refractivity (Wildman–Crippen MR) is 75.1 cm³/mol. The molecule has 106 valence electrons. The zero-order valence-electron chi connectivity index (χ0n) is 11.6. The number of thioether (sulfide) groups is 1. The van der Waals surface area contributed by atoms with Crippen molar-refractivity contribution in [2.75, 3.05) is 19.1 Å². The number of hydrogen-bond acceptors (Lipinski definition) is 3. The van der Waals surface area contributed by atoms with Crippen molar-refractivity contribution in [3.63, 3.8) is 0 Å². The highest BCUT2D eigenvalue weighted by Crippen LogP contribution is 2.07. The van der Waals surface area contributed by atoms with E-state index in [1.807, 2.05) is 20.1 Å². The maximum Gasteiger partial charge on any atom is 0.326 e. The van der Waals surface area contributed by atoms with Crippen LogP contribution >= 0.6 is 11.8 Å². The Balaban J connectivity index is 4.31. The Morgan fingerprint density at radius 3 is 2.44 bits per heavy atom. The molecule has 2 atom stereocenters. The minimum absolute atomic E-state index is 0.105. The summed E-state index contributed by atoms with van der Waals surface area (Å²) >= 11 is 1.73. The average Bonchev–Trinajstić information content (AvgIpc) is 2.33. The fraction of sp³-hybridized carbons (Fsp3) is 0.833. The minimum atomic E-state index is -0.977. The lowest BCUT2D eigenvalue weighted by Gasteiger charge is -2.26. The van der Waals surface area contributed by atoms with Crippen LogP contribution < -0.4 is 5.32 Å². The molecule has 0 saturated carbocycles. The SMILES string of the molecule is CCCC(NC(=O)N(C)C(C)CCSC)C(=O)O. The summed E-state index contributed by atoms with van der Waals surface area (Å²) in [4.78, 5) is 24.4. The largest absolute Gasteiger partial charge is 0.480 e. The van der Waals surface area contributed by atoms with Gasteiger partial charge in [-0.05, 0) is 31.8 Å². The number of amides is 2. The summed E-state index contributed by atoms with van der Waals surface area (Å²) in [6.45, 7) is 3.86. The van der Waals surface area contributed by atoms with Gasteiger partial charge in [0.1, 0.15) is 6.04 Å². The van der Waals surface area contributed by atoms with Gasteiger partial charge in [0.25, 0.3) is 0 Å². The molecule has 18 heavy (non-hydrogen) atoms. The van der Waals surface area contributed by atoms with Crippen LogP contribution in [-0.2, 0) is 4.79 Å². The van der Waals surface area contributed by atoms with E-state index in [-0.39, 0.29) is 12.1 Å². The standard InChI is InChI=1S/C12H24N2O3S/c1-5-6-10(11(15)16)13-12(17)14(3)9(2)7-8-18-4/h9-10H,5-8H2,1-4H3,(H,13,17)(H,15,16). The molecule has 2 amide bonds. The molecular formula is C12H24N2O3S. The monoisotopic (exact) mass is 276 g/mol. The lowest BCUT2D eigenvalue weighted by Crippen LogP contribution is -2.49. The highest BCUT2D eigenvalue weighted by atomic mass is 32.2. The number of hydrogen-bond donors (Lipinski definition) is 2. The zero-order valence-corrected chi connectivity index (χ0v) is 12.4. The summed E-state index contributed by atoms with van der Waals surface area (Å²) in [7, 11) is 1.70. The number of carbonyl (C=O) groups excluding carboxylic acids is 1. The summed E-state index contributed by atoms with van der Waals surface area (Å²) < 4.78 is 0. The van der Waals surface area contributed by atoms with Crippen molar-refractivity contribution in [1.82, 2.24) is 10.2 Å². The van der Waals surface area contributed by atoms with Crippen molar-refractivity contribution in [1.29, 1.82) is 0 Å². The highest BCUT2D eigenvalue weighted by Gasteiger charge is 2.22.